The zero-order valence-corrected chi connectivity index (χ0v) is 11.2. The Morgan fingerprint density at radius 1 is 1.47 bits per heavy atom. The van der Waals surface area contributed by atoms with Gasteiger partial charge in [0, 0.05) is 23.8 Å². The molecule has 2 rings (SSSR count). The number of nitrogens with zero attached hydrogens (tertiary/aromatic N) is 1. The molecule has 17 heavy (non-hydrogen) atoms. The van der Waals surface area contributed by atoms with Crippen LogP contribution in [0.3, 0.4) is 0 Å². The Bertz CT molecular complexity index is 348. The van der Waals surface area contributed by atoms with Crippen molar-refractivity contribution in [3.63, 3.8) is 0 Å². The van der Waals surface area contributed by atoms with Crippen LogP contribution in [0.5, 0.6) is 0 Å². The summed E-state index contributed by atoms with van der Waals surface area (Å²) in [5, 5.41) is 4.30. The minimum Gasteiger partial charge on any atom is -0.371 e. The van der Waals surface area contributed by atoms with Crippen LogP contribution in [0, 0.1) is 5.92 Å². The lowest BCUT2D eigenvalue weighted by Crippen LogP contribution is -2.38. The van der Waals surface area contributed by atoms with Gasteiger partial charge in [-0.25, -0.2) is 0 Å². The normalized spacial score (nSPS) is 20.2. The van der Waals surface area contributed by atoms with E-state index in [0.29, 0.717) is 0 Å². The molecule has 1 unspecified atom stereocenters. The van der Waals surface area contributed by atoms with Crippen LogP contribution in [0.4, 0.5) is 5.69 Å². The molecule has 0 aromatic heterocycles. The summed E-state index contributed by atoms with van der Waals surface area (Å²) in [4.78, 5) is 2.42. The zero-order valence-electron chi connectivity index (χ0n) is 10.5. The van der Waals surface area contributed by atoms with Gasteiger partial charge in [-0.2, -0.15) is 0 Å². The van der Waals surface area contributed by atoms with Gasteiger partial charge in [0.05, 0.1) is 0 Å². The largest absolute Gasteiger partial charge is 0.371 e. The molecule has 1 aromatic rings. The van der Waals surface area contributed by atoms with Crippen LogP contribution in [-0.4, -0.2) is 26.2 Å². The topological polar surface area (TPSA) is 15.3 Å². The molecule has 1 N–H and O–H groups in total. The molecule has 1 heterocycles. The van der Waals surface area contributed by atoms with Crippen molar-refractivity contribution in [3.05, 3.63) is 29.3 Å². The molecule has 0 aliphatic carbocycles. The minimum absolute atomic E-state index is 0.766. The van der Waals surface area contributed by atoms with Crippen molar-refractivity contribution in [2.24, 2.45) is 5.92 Å². The van der Waals surface area contributed by atoms with E-state index in [4.69, 9.17) is 11.6 Å². The van der Waals surface area contributed by atoms with Gasteiger partial charge < -0.3 is 10.2 Å². The van der Waals surface area contributed by atoms with Gasteiger partial charge in [-0.05, 0) is 57.0 Å². The lowest BCUT2D eigenvalue weighted by atomic mass is 9.99. The van der Waals surface area contributed by atoms with E-state index in [1.165, 1.54) is 25.1 Å². The van der Waals surface area contributed by atoms with Crippen LogP contribution < -0.4 is 10.2 Å². The third kappa shape index (κ3) is 3.62. The van der Waals surface area contributed by atoms with Gasteiger partial charge in [-0.1, -0.05) is 17.7 Å². The van der Waals surface area contributed by atoms with Gasteiger partial charge >= 0.3 is 0 Å². The van der Waals surface area contributed by atoms with E-state index in [9.17, 15) is 0 Å². The molecular weight excluding hydrogens is 232 g/mol. The van der Waals surface area contributed by atoms with E-state index in [1.807, 2.05) is 12.1 Å². The van der Waals surface area contributed by atoms with E-state index in [0.717, 1.165) is 30.6 Å². The van der Waals surface area contributed by atoms with Crippen molar-refractivity contribution in [2.45, 2.75) is 19.8 Å². The molecule has 0 bridgehead atoms. The van der Waals surface area contributed by atoms with E-state index >= 15 is 0 Å². The van der Waals surface area contributed by atoms with E-state index in [2.05, 4.69) is 29.3 Å². The van der Waals surface area contributed by atoms with Gasteiger partial charge in [-0.15, -0.1) is 0 Å². The van der Waals surface area contributed by atoms with Gasteiger partial charge in [0.2, 0.25) is 0 Å². The summed E-state index contributed by atoms with van der Waals surface area (Å²) >= 11 is 6.05. The highest BCUT2D eigenvalue weighted by Crippen LogP contribution is 2.21. The minimum atomic E-state index is 0.766. The van der Waals surface area contributed by atoms with Crippen LogP contribution in [0.15, 0.2) is 24.3 Å². The van der Waals surface area contributed by atoms with Crippen molar-refractivity contribution in [3.8, 4) is 0 Å². The summed E-state index contributed by atoms with van der Waals surface area (Å²) in [6.45, 7) is 6.70. The first-order chi connectivity index (χ1) is 8.29. The quantitative estimate of drug-likeness (QED) is 0.886. The highest BCUT2D eigenvalue weighted by Gasteiger charge is 2.16. The Kier molecular flexibility index (Phi) is 4.69. The lowest BCUT2D eigenvalue weighted by Gasteiger charge is -2.31. The molecule has 1 saturated heterocycles. The van der Waals surface area contributed by atoms with Gasteiger partial charge in [0.25, 0.3) is 0 Å². The van der Waals surface area contributed by atoms with Crippen LogP contribution in [-0.2, 0) is 0 Å². The Hall–Kier alpha value is -0.730. The van der Waals surface area contributed by atoms with Crippen LogP contribution >= 0.6 is 11.6 Å². The maximum absolute atomic E-state index is 6.05. The fourth-order valence-corrected chi connectivity index (χ4v) is 2.67. The van der Waals surface area contributed by atoms with Gasteiger partial charge in [0.15, 0.2) is 0 Å². The van der Waals surface area contributed by atoms with Crippen molar-refractivity contribution in [1.82, 2.24) is 5.32 Å². The average Bonchev–Trinajstić information content (AvgIpc) is 2.37. The number of nitrogens with one attached hydrogen (secondary N) is 1. The molecule has 2 nitrogen and oxygen atoms in total. The number of halogens is 1. The monoisotopic (exact) mass is 252 g/mol. The molecule has 1 fully saturated rings. The highest BCUT2D eigenvalue weighted by atomic mass is 35.5. The second-order valence-corrected chi connectivity index (χ2v) is 5.17. The Morgan fingerprint density at radius 3 is 3.00 bits per heavy atom. The third-order valence-corrected chi connectivity index (χ3v) is 3.67. The standard InChI is InChI=1S/C14H21ClN2/c1-2-17(11-12-5-4-8-16-10-12)14-7-3-6-13(15)9-14/h3,6-7,9,12,16H,2,4-5,8,10-11H2,1H3. The molecule has 94 valence electrons. The van der Waals surface area contributed by atoms with Gasteiger partial charge in [0.1, 0.15) is 0 Å². The molecule has 0 saturated carbocycles. The van der Waals surface area contributed by atoms with Crippen molar-refractivity contribution in [1.29, 1.82) is 0 Å². The SMILES string of the molecule is CCN(CC1CCCNC1)c1cccc(Cl)c1. The van der Waals surface area contributed by atoms with E-state index in [-0.39, 0.29) is 0 Å². The highest BCUT2D eigenvalue weighted by molar-refractivity contribution is 6.30. The lowest BCUT2D eigenvalue weighted by molar-refractivity contribution is 0.378. The number of hydrogen-bond acceptors (Lipinski definition) is 2. The summed E-state index contributed by atoms with van der Waals surface area (Å²) in [6, 6.07) is 8.16. The smallest absolute Gasteiger partial charge is 0.0426 e. The molecule has 1 aromatic carbocycles. The average molecular weight is 253 g/mol. The molecule has 0 amide bonds. The number of anilines is 1. The summed E-state index contributed by atoms with van der Waals surface area (Å²) in [7, 11) is 0. The Balaban J connectivity index is 2.00. The second kappa shape index (κ2) is 6.27. The zero-order chi connectivity index (χ0) is 12.1. The first-order valence-electron chi connectivity index (χ1n) is 6.51. The molecule has 3 heteroatoms. The first-order valence-corrected chi connectivity index (χ1v) is 6.88. The van der Waals surface area contributed by atoms with Crippen molar-refractivity contribution < 1.29 is 0 Å². The maximum atomic E-state index is 6.05. The first kappa shape index (κ1) is 12.7. The number of hydrogen-bond donors (Lipinski definition) is 1. The third-order valence-electron chi connectivity index (χ3n) is 3.43. The molecule has 1 aliphatic rings. The number of piperidine rings is 1. The molecule has 1 aliphatic heterocycles. The molecule has 0 spiro atoms. The molecule has 1 atom stereocenters. The predicted octanol–water partition coefficient (Wildman–Crippen LogP) is 3.17. The Labute approximate surface area is 109 Å². The van der Waals surface area contributed by atoms with E-state index in [1.54, 1.807) is 0 Å². The fourth-order valence-electron chi connectivity index (χ4n) is 2.48. The maximum Gasteiger partial charge on any atom is 0.0426 e. The predicted molar refractivity (Wildman–Crippen MR) is 74.9 cm³/mol. The van der Waals surface area contributed by atoms with E-state index < -0.39 is 0 Å². The van der Waals surface area contributed by atoms with Crippen molar-refractivity contribution in [2.75, 3.05) is 31.1 Å². The number of rotatable bonds is 4. The van der Waals surface area contributed by atoms with Crippen LogP contribution in [0.1, 0.15) is 19.8 Å². The Morgan fingerprint density at radius 2 is 2.35 bits per heavy atom. The molecule has 0 radical (unpaired) electrons. The van der Waals surface area contributed by atoms with Crippen LogP contribution in [0.2, 0.25) is 5.02 Å². The summed E-state index contributed by atoms with van der Waals surface area (Å²) in [5.41, 5.74) is 1.24. The summed E-state index contributed by atoms with van der Waals surface area (Å²) in [5.74, 6) is 0.766. The molecular formula is C14H21ClN2. The van der Waals surface area contributed by atoms with Gasteiger partial charge in [-0.3, -0.25) is 0 Å². The second-order valence-electron chi connectivity index (χ2n) is 4.73. The van der Waals surface area contributed by atoms with Crippen molar-refractivity contribution >= 4 is 17.3 Å². The number of benzene rings is 1. The summed E-state index contributed by atoms with van der Waals surface area (Å²) < 4.78 is 0. The summed E-state index contributed by atoms with van der Waals surface area (Å²) in [6.07, 6.45) is 2.64. The fraction of sp³-hybridized carbons (Fsp3) is 0.571. The van der Waals surface area contributed by atoms with Crippen LogP contribution in [0.25, 0.3) is 0 Å².